The summed E-state index contributed by atoms with van der Waals surface area (Å²) >= 11 is 7.72. The van der Waals surface area contributed by atoms with Crippen LogP contribution in [0.5, 0.6) is 0 Å². The van der Waals surface area contributed by atoms with E-state index in [2.05, 4.69) is 31.2 Å². The van der Waals surface area contributed by atoms with Crippen molar-refractivity contribution < 1.29 is 0 Å². The average Bonchev–Trinajstić information content (AvgIpc) is 3.38. The Morgan fingerprint density at radius 1 is 1.07 bits per heavy atom. The van der Waals surface area contributed by atoms with Crippen molar-refractivity contribution in [3.05, 3.63) is 35.2 Å². The third kappa shape index (κ3) is 1.97. The second-order valence-corrected chi connectivity index (χ2v) is 10.2. The van der Waals surface area contributed by atoms with Crippen molar-refractivity contribution in [2.24, 2.45) is 11.8 Å². The Balaban J connectivity index is 1.40. The van der Waals surface area contributed by atoms with Gasteiger partial charge in [0.25, 0.3) is 0 Å². The smallest absolute Gasteiger partial charge is 0.242 e. The molecule has 0 N–H and O–H groups in total. The molecule has 4 bridgehead atoms. The summed E-state index contributed by atoms with van der Waals surface area (Å²) in [5.41, 5.74) is 0.934. The van der Waals surface area contributed by atoms with Crippen LogP contribution in [0, 0.1) is 11.8 Å². The molecule has 0 saturated heterocycles. The summed E-state index contributed by atoms with van der Waals surface area (Å²) in [5, 5.41) is 13.0. The van der Waals surface area contributed by atoms with E-state index < -0.39 is 0 Å². The molecule has 4 aliphatic rings. The van der Waals surface area contributed by atoms with E-state index in [-0.39, 0.29) is 11.0 Å². The van der Waals surface area contributed by atoms with Gasteiger partial charge in [0.1, 0.15) is 17.5 Å². The van der Waals surface area contributed by atoms with Gasteiger partial charge in [0.2, 0.25) is 5.28 Å². The number of fused-ring (bicyclic) bond motifs is 3. The number of thiophene rings is 1. The highest BCUT2D eigenvalue weighted by atomic mass is 35.5. The van der Waals surface area contributed by atoms with Gasteiger partial charge in [-0.2, -0.15) is 0 Å². The van der Waals surface area contributed by atoms with E-state index in [1.807, 2.05) is 10.8 Å². The molecule has 4 aliphatic carbocycles. The minimum absolute atomic E-state index is 0.00232. The predicted molar refractivity (Wildman–Crippen MR) is 106 cm³/mol. The van der Waals surface area contributed by atoms with Crippen LogP contribution in [0.15, 0.2) is 24.1 Å². The molecule has 4 fully saturated rings. The van der Waals surface area contributed by atoms with E-state index in [4.69, 9.17) is 21.7 Å². The third-order valence-corrected chi connectivity index (χ3v) is 8.25. The molecule has 0 aliphatic heterocycles. The van der Waals surface area contributed by atoms with Crippen molar-refractivity contribution in [2.45, 2.75) is 49.5 Å². The summed E-state index contributed by atoms with van der Waals surface area (Å²) in [6.07, 6.45) is 10.6. The molecule has 142 valence electrons. The van der Waals surface area contributed by atoms with Gasteiger partial charge in [-0.25, -0.2) is 24.1 Å². The standard InChI is InChI=1S/C19H18ClN7S/c20-17-22-10-27(25-17)19-6-11-3-12(7-19)5-18(4-11,8-19)16-23-14-13-1-2-28-15(13)21-9-26(14)24-16/h1-2,9-12H,3-8H2. The molecule has 0 aromatic carbocycles. The van der Waals surface area contributed by atoms with Crippen molar-refractivity contribution in [3.63, 3.8) is 0 Å². The molecule has 2 unspecified atom stereocenters. The minimum atomic E-state index is -0.00232. The lowest BCUT2D eigenvalue weighted by Gasteiger charge is -2.60. The van der Waals surface area contributed by atoms with E-state index in [1.165, 1.54) is 19.3 Å². The summed E-state index contributed by atoms with van der Waals surface area (Å²) in [5.74, 6) is 2.36. The molecule has 0 radical (unpaired) electrons. The van der Waals surface area contributed by atoms with Crippen LogP contribution >= 0.6 is 22.9 Å². The van der Waals surface area contributed by atoms with E-state index >= 15 is 0 Å². The first kappa shape index (κ1) is 15.8. The van der Waals surface area contributed by atoms with E-state index in [0.29, 0.717) is 17.1 Å². The van der Waals surface area contributed by atoms with Crippen LogP contribution in [-0.2, 0) is 11.0 Å². The van der Waals surface area contributed by atoms with Crippen molar-refractivity contribution in [3.8, 4) is 0 Å². The molecule has 7 nitrogen and oxygen atoms in total. The molecular formula is C19H18ClN7S. The van der Waals surface area contributed by atoms with Crippen molar-refractivity contribution in [1.29, 1.82) is 0 Å². The largest absolute Gasteiger partial charge is 0.245 e. The van der Waals surface area contributed by atoms with Crippen molar-refractivity contribution in [2.75, 3.05) is 0 Å². The Morgan fingerprint density at radius 3 is 2.71 bits per heavy atom. The molecule has 2 atom stereocenters. The highest BCUT2D eigenvalue weighted by molar-refractivity contribution is 7.16. The summed E-state index contributed by atoms with van der Waals surface area (Å²) in [6.45, 7) is 0. The number of rotatable bonds is 2. The van der Waals surface area contributed by atoms with Crippen LogP contribution in [0.1, 0.15) is 44.3 Å². The molecule has 28 heavy (non-hydrogen) atoms. The van der Waals surface area contributed by atoms with Crippen molar-refractivity contribution in [1.82, 2.24) is 34.3 Å². The zero-order chi connectivity index (χ0) is 18.5. The lowest BCUT2D eigenvalue weighted by atomic mass is 9.46. The Bertz CT molecular complexity index is 1230. The molecule has 4 aromatic heterocycles. The number of hydrogen-bond donors (Lipinski definition) is 0. The maximum atomic E-state index is 6.07. The Hall–Kier alpha value is -2.06. The number of nitrogens with zero attached hydrogens (tertiary/aromatic N) is 7. The van der Waals surface area contributed by atoms with Crippen molar-refractivity contribution >= 4 is 38.8 Å². The monoisotopic (exact) mass is 411 g/mol. The van der Waals surface area contributed by atoms with Gasteiger partial charge in [0.15, 0.2) is 11.5 Å². The topological polar surface area (TPSA) is 73.8 Å². The van der Waals surface area contributed by atoms with E-state index in [9.17, 15) is 0 Å². The lowest BCUT2D eigenvalue weighted by Crippen LogP contribution is -2.58. The Labute approximate surface area is 169 Å². The van der Waals surface area contributed by atoms with Gasteiger partial charge >= 0.3 is 0 Å². The van der Waals surface area contributed by atoms with Crippen LogP contribution in [0.2, 0.25) is 5.28 Å². The minimum Gasteiger partial charge on any atom is -0.245 e. The molecule has 8 rings (SSSR count). The average molecular weight is 412 g/mol. The maximum Gasteiger partial charge on any atom is 0.242 e. The quantitative estimate of drug-likeness (QED) is 0.501. The van der Waals surface area contributed by atoms with E-state index in [0.717, 1.165) is 41.0 Å². The van der Waals surface area contributed by atoms with Crippen LogP contribution in [-0.4, -0.2) is 34.3 Å². The predicted octanol–water partition coefficient (Wildman–Crippen LogP) is 3.83. The molecule has 0 spiro atoms. The third-order valence-electron chi connectivity index (χ3n) is 7.26. The zero-order valence-corrected chi connectivity index (χ0v) is 16.7. The highest BCUT2D eigenvalue weighted by Crippen LogP contribution is 2.64. The number of aromatic nitrogens is 7. The Morgan fingerprint density at radius 2 is 1.93 bits per heavy atom. The summed E-state index contributed by atoms with van der Waals surface area (Å²) in [6, 6.07) is 2.10. The summed E-state index contributed by atoms with van der Waals surface area (Å²) in [4.78, 5) is 14.8. The van der Waals surface area contributed by atoms with Gasteiger partial charge < -0.3 is 0 Å². The molecule has 4 aromatic rings. The van der Waals surface area contributed by atoms with Crippen LogP contribution in [0.4, 0.5) is 0 Å². The second kappa shape index (κ2) is 5.10. The molecule has 4 saturated carbocycles. The van der Waals surface area contributed by atoms with Gasteiger partial charge in [-0.1, -0.05) is 0 Å². The maximum absolute atomic E-state index is 6.07. The van der Waals surface area contributed by atoms with Gasteiger partial charge in [0, 0.05) is 5.41 Å². The van der Waals surface area contributed by atoms with Gasteiger partial charge in [0.05, 0.1) is 10.9 Å². The fraction of sp³-hybridized carbons (Fsp3) is 0.526. The first-order valence-electron chi connectivity index (χ1n) is 9.79. The second-order valence-electron chi connectivity index (χ2n) is 9.01. The van der Waals surface area contributed by atoms with Gasteiger partial charge in [-0.3, -0.25) is 0 Å². The van der Waals surface area contributed by atoms with E-state index in [1.54, 1.807) is 17.7 Å². The lowest BCUT2D eigenvalue weighted by molar-refractivity contribution is -0.0715. The molecule has 4 heterocycles. The molecular weight excluding hydrogens is 394 g/mol. The van der Waals surface area contributed by atoms with Gasteiger partial charge in [-0.15, -0.1) is 21.5 Å². The molecule has 9 heteroatoms. The number of hydrogen-bond acceptors (Lipinski definition) is 6. The zero-order valence-electron chi connectivity index (χ0n) is 15.1. The van der Waals surface area contributed by atoms with Crippen LogP contribution < -0.4 is 0 Å². The molecule has 0 amide bonds. The Kier molecular flexibility index (Phi) is 2.88. The van der Waals surface area contributed by atoms with Crippen LogP contribution in [0.3, 0.4) is 0 Å². The number of halogens is 1. The fourth-order valence-electron chi connectivity index (χ4n) is 6.71. The highest BCUT2D eigenvalue weighted by Gasteiger charge is 2.61. The first-order chi connectivity index (χ1) is 13.6. The van der Waals surface area contributed by atoms with Gasteiger partial charge in [-0.05, 0) is 73.4 Å². The fourth-order valence-corrected chi connectivity index (χ4v) is 7.56. The first-order valence-corrected chi connectivity index (χ1v) is 11.1. The summed E-state index contributed by atoms with van der Waals surface area (Å²) in [7, 11) is 0. The summed E-state index contributed by atoms with van der Waals surface area (Å²) < 4.78 is 3.91. The SMILES string of the molecule is Clc1ncn(C23CC4CC(CC(c5nc6c7ccsc7ncn6n5)(C4)C2)C3)n1. The van der Waals surface area contributed by atoms with Crippen LogP contribution in [0.25, 0.3) is 15.9 Å². The normalized spacial score (nSPS) is 34.0.